The third kappa shape index (κ3) is 2.11. The Labute approximate surface area is 88.2 Å². The van der Waals surface area contributed by atoms with E-state index >= 15 is 0 Å². The average molecular weight is 211 g/mol. The first-order chi connectivity index (χ1) is 7.33. The summed E-state index contributed by atoms with van der Waals surface area (Å²) >= 11 is 0. The molecule has 1 fully saturated rings. The van der Waals surface area contributed by atoms with Gasteiger partial charge in [0.25, 0.3) is 0 Å². The van der Waals surface area contributed by atoms with Gasteiger partial charge in [0.1, 0.15) is 0 Å². The number of rotatable bonds is 2. The van der Waals surface area contributed by atoms with Gasteiger partial charge in [-0.25, -0.2) is 4.39 Å². The van der Waals surface area contributed by atoms with Crippen molar-refractivity contribution in [3.63, 3.8) is 0 Å². The lowest BCUT2D eigenvalue weighted by atomic mass is 10.1. The van der Waals surface area contributed by atoms with Crippen LogP contribution in [0.5, 0.6) is 5.75 Å². The Balaban J connectivity index is 2.29. The fourth-order valence-electron chi connectivity index (χ4n) is 1.76. The standard InChI is InChI=1S/C11H14FNO2/c1-14-11-8(3-2-4-9(11)12)10-7-13-5-6-15-10/h2-4,10,13H,5-7H2,1H3. The molecule has 0 aliphatic carbocycles. The molecule has 1 atom stereocenters. The highest BCUT2D eigenvalue weighted by molar-refractivity contribution is 5.37. The van der Waals surface area contributed by atoms with Gasteiger partial charge in [-0.2, -0.15) is 0 Å². The molecule has 1 aliphatic heterocycles. The number of nitrogens with one attached hydrogen (secondary N) is 1. The second-order valence-corrected chi connectivity index (χ2v) is 3.43. The Bertz CT molecular complexity index is 337. The third-order valence-corrected chi connectivity index (χ3v) is 2.48. The molecule has 3 nitrogen and oxygen atoms in total. The molecule has 0 aromatic heterocycles. The second kappa shape index (κ2) is 4.59. The molecule has 1 heterocycles. The summed E-state index contributed by atoms with van der Waals surface area (Å²) in [5, 5.41) is 3.20. The van der Waals surface area contributed by atoms with Gasteiger partial charge in [-0.15, -0.1) is 0 Å². The minimum absolute atomic E-state index is 0.121. The van der Waals surface area contributed by atoms with E-state index in [1.165, 1.54) is 13.2 Å². The number of para-hydroxylation sites is 1. The van der Waals surface area contributed by atoms with Crippen molar-refractivity contribution in [1.82, 2.24) is 5.32 Å². The topological polar surface area (TPSA) is 30.5 Å². The molecule has 1 aliphatic rings. The molecular weight excluding hydrogens is 197 g/mol. The maximum Gasteiger partial charge on any atom is 0.165 e. The average Bonchev–Trinajstić information content (AvgIpc) is 2.30. The van der Waals surface area contributed by atoms with Crippen LogP contribution in [0.2, 0.25) is 0 Å². The van der Waals surface area contributed by atoms with Gasteiger partial charge >= 0.3 is 0 Å². The van der Waals surface area contributed by atoms with Crippen LogP contribution in [0.4, 0.5) is 4.39 Å². The van der Waals surface area contributed by atoms with Crippen LogP contribution in [0.15, 0.2) is 18.2 Å². The van der Waals surface area contributed by atoms with Crippen molar-refractivity contribution < 1.29 is 13.9 Å². The molecule has 2 rings (SSSR count). The Hall–Kier alpha value is -1.13. The van der Waals surface area contributed by atoms with Crippen molar-refractivity contribution in [2.24, 2.45) is 0 Å². The van der Waals surface area contributed by atoms with Crippen molar-refractivity contribution in [3.05, 3.63) is 29.6 Å². The molecule has 1 N–H and O–H groups in total. The summed E-state index contributed by atoms with van der Waals surface area (Å²) in [5.74, 6) is -0.0598. The molecule has 0 saturated carbocycles. The highest BCUT2D eigenvalue weighted by Gasteiger charge is 2.21. The highest BCUT2D eigenvalue weighted by Crippen LogP contribution is 2.30. The zero-order valence-corrected chi connectivity index (χ0v) is 8.63. The van der Waals surface area contributed by atoms with E-state index in [9.17, 15) is 4.39 Å². The molecule has 0 amide bonds. The molecule has 1 saturated heterocycles. The number of morpholine rings is 1. The van der Waals surface area contributed by atoms with Crippen molar-refractivity contribution in [2.75, 3.05) is 26.8 Å². The molecule has 4 heteroatoms. The van der Waals surface area contributed by atoms with Gasteiger partial charge in [-0.1, -0.05) is 12.1 Å². The first kappa shape index (κ1) is 10.4. The number of ether oxygens (including phenoxy) is 2. The lowest BCUT2D eigenvalue weighted by molar-refractivity contribution is 0.0259. The van der Waals surface area contributed by atoms with Crippen LogP contribution in [0, 0.1) is 5.82 Å². The first-order valence-corrected chi connectivity index (χ1v) is 4.97. The van der Waals surface area contributed by atoms with Gasteiger partial charge in [0.2, 0.25) is 0 Å². The zero-order valence-electron chi connectivity index (χ0n) is 8.63. The van der Waals surface area contributed by atoms with Gasteiger partial charge in [0.05, 0.1) is 19.8 Å². The number of halogens is 1. The van der Waals surface area contributed by atoms with Crippen molar-refractivity contribution >= 4 is 0 Å². The van der Waals surface area contributed by atoms with Gasteiger partial charge in [0, 0.05) is 18.7 Å². The van der Waals surface area contributed by atoms with Crippen LogP contribution in [0.25, 0.3) is 0 Å². The largest absolute Gasteiger partial charge is 0.493 e. The zero-order chi connectivity index (χ0) is 10.7. The quantitative estimate of drug-likeness (QED) is 0.804. The van der Waals surface area contributed by atoms with Gasteiger partial charge in [-0.3, -0.25) is 0 Å². The van der Waals surface area contributed by atoms with E-state index in [2.05, 4.69) is 5.32 Å². The lowest BCUT2D eigenvalue weighted by Gasteiger charge is -2.25. The van der Waals surface area contributed by atoms with Crippen LogP contribution in [0.3, 0.4) is 0 Å². The molecule has 0 spiro atoms. The summed E-state index contributed by atoms with van der Waals surface area (Å²) in [6, 6.07) is 4.89. The van der Waals surface area contributed by atoms with Gasteiger partial charge < -0.3 is 14.8 Å². The van der Waals surface area contributed by atoms with E-state index in [1.54, 1.807) is 6.07 Å². The minimum atomic E-state index is -0.343. The summed E-state index contributed by atoms with van der Waals surface area (Å²) in [6.45, 7) is 2.18. The Morgan fingerprint density at radius 3 is 3.07 bits per heavy atom. The molecule has 0 bridgehead atoms. The molecular formula is C11H14FNO2. The van der Waals surface area contributed by atoms with Gasteiger partial charge in [0.15, 0.2) is 11.6 Å². The molecule has 1 aromatic rings. The summed E-state index contributed by atoms with van der Waals surface area (Å²) in [6.07, 6.45) is -0.121. The van der Waals surface area contributed by atoms with Crippen molar-refractivity contribution in [3.8, 4) is 5.75 Å². The monoisotopic (exact) mass is 211 g/mol. The van der Waals surface area contributed by atoms with Gasteiger partial charge in [-0.05, 0) is 6.07 Å². The van der Waals surface area contributed by atoms with E-state index in [4.69, 9.17) is 9.47 Å². The summed E-state index contributed by atoms with van der Waals surface area (Å²) < 4.78 is 24.0. The van der Waals surface area contributed by atoms with E-state index in [0.29, 0.717) is 13.2 Å². The molecule has 15 heavy (non-hydrogen) atoms. The molecule has 1 unspecified atom stereocenters. The lowest BCUT2D eigenvalue weighted by Crippen LogP contribution is -2.33. The van der Waals surface area contributed by atoms with Crippen molar-refractivity contribution in [1.29, 1.82) is 0 Å². The number of hydrogen-bond donors (Lipinski definition) is 1. The van der Waals surface area contributed by atoms with Crippen LogP contribution in [-0.2, 0) is 4.74 Å². The summed E-state index contributed by atoms with van der Waals surface area (Å²) in [5.41, 5.74) is 0.768. The maximum atomic E-state index is 13.4. The smallest absolute Gasteiger partial charge is 0.165 e. The number of benzene rings is 1. The Kier molecular flexibility index (Phi) is 3.18. The molecule has 0 radical (unpaired) electrons. The fourth-order valence-corrected chi connectivity index (χ4v) is 1.76. The van der Waals surface area contributed by atoms with Crippen LogP contribution in [-0.4, -0.2) is 26.8 Å². The highest BCUT2D eigenvalue weighted by atomic mass is 19.1. The molecule has 1 aromatic carbocycles. The van der Waals surface area contributed by atoms with E-state index in [1.807, 2.05) is 6.07 Å². The molecule has 82 valence electrons. The number of hydrogen-bond acceptors (Lipinski definition) is 3. The SMILES string of the molecule is COc1c(F)cccc1C1CNCCO1. The predicted octanol–water partition coefficient (Wildman–Crippen LogP) is 1.50. The number of methoxy groups -OCH3 is 1. The van der Waals surface area contributed by atoms with Crippen LogP contribution < -0.4 is 10.1 Å². The maximum absolute atomic E-state index is 13.4. The van der Waals surface area contributed by atoms with E-state index in [-0.39, 0.29) is 17.7 Å². The van der Waals surface area contributed by atoms with Crippen molar-refractivity contribution in [2.45, 2.75) is 6.10 Å². The minimum Gasteiger partial charge on any atom is -0.493 e. The predicted molar refractivity (Wildman–Crippen MR) is 54.5 cm³/mol. The third-order valence-electron chi connectivity index (χ3n) is 2.48. The summed E-state index contributed by atoms with van der Waals surface area (Å²) in [4.78, 5) is 0. The second-order valence-electron chi connectivity index (χ2n) is 3.43. The van der Waals surface area contributed by atoms with Crippen LogP contribution >= 0.6 is 0 Å². The first-order valence-electron chi connectivity index (χ1n) is 4.97. The Morgan fingerprint density at radius 1 is 1.53 bits per heavy atom. The van der Waals surface area contributed by atoms with E-state index < -0.39 is 0 Å². The normalized spacial score (nSPS) is 21.3. The van der Waals surface area contributed by atoms with E-state index in [0.717, 1.165) is 12.1 Å². The summed E-state index contributed by atoms with van der Waals surface area (Å²) in [7, 11) is 1.47. The van der Waals surface area contributed by atoms with Crippen LogP contribution in [0.1, 0.15) is 11.7 Å². The fraction of sp³-hybridized carbons (Fsp3) is 0.455. The Morgan fingerprint density at radius 2 is 2.40 bits per heavy atom.